The van der Waals surface area contributed by atoms with E-state index in [0.29, 0.717) is 0 Å². The van der Waals surface area contributed by atoms with Crippen molar-refractivity contribution in [2.24, 2.45) is 0 Å². The number of morpholine rings is 1. The maximum absolute atomic E-state index is 12.5. The Balaban J connectivity index is 0.00000192. The van der Waals surface area contributed by atoms with Crippen molar-refractivity contribution in [3.05, 3.63) is 71.3 Å². The van der Waals surface area contributed by atoms with Crippen molar-refractivity contribution < 1.29 is 9.53 Å². The molecule has 23 heavy (non-hydrogen) atoms. The minimum absolute atomic E-state index is 0. The fourth-order valence-electron chi connectivity index (χ4n) is 2.74. The third-order valence-corrected chi connectivity index (χ3v) is 4.05. The maximum Gasteiger partial charge on any atom is 0.193 e. The summed E-state index contributed by atoms with van der Waals surface area (Å²) in [6, 6.07) is 17.4. The van der Waals surface area contributed by atoms with Crippen LogP contribution in [0.5, 0.6) is 0 Å². The second-order valence-electron chi connectivity index (χ2n) is 5.60. The van der Waals surface area contributed by atoms with Crippen LogP contribution in [0.1, 0.15) is 21.5 Å². The van der Waals surface area contributed by atoms with Crippen LogP contribution in [-0.4, -0.2) is 43.5 Å². The quantitative estimate of drug-likeness (QED) is 0.788. The lowest BCUT2D eigenvalue weighted by molar-refractivity contribution is 0.0384. The van der Waals surface area contributed by atoms with E-state index in [9.17, 15) is 4.79 Å². The SMILES string of the molecule is Cl.O=C(c1ccccc1)c1cccc(CCN2CCOCC2)c1. The van der Waals surface area contributed by atoms with Gasteiger partial charge in [-0.3, -0.25) is 9.69 Å². The first-order chi connectivity index (χ1) is 10.8. The van der Waals surface area contributed by atoms with E-state index in [4.69, 9.17) is 4.74 Å². The van der Waals surface area contributed by atoms with Crippen molar-refractivity contribution in [1.82, 2.24) is 4.90 Å². The van der Waals surface area contributed by atoms with Crippen LogP contribution >= 0.6 is 12.4 Å². The van der Waals surface area contributed by atoms with Gasteiger partial charge in [0, 0.05) is 30.8 Å². The zero-order valence-electron chi connectivity index (χ0n) is 13.1. The Hall–Kier alpha value is -1.68. The summed E-state index contributed by atoms with van der Waals surface area (Å²) in [5, 5.41) is 0. The molecule has 0 aliphatic carbocycles. The number of hydrogen-bond donors (Lipinski definition) is 0. The lowest BCUT2D eigenvalue weighted by atomic mass is 10.0. The summed E-state index contributed by atoms with van der Waals surface area (Å²) < 4.78 is 5.36. The molecule has 1 fully saturated rings. The summed E-state index contributed by atoms with van der Waals surface area (Å²) in [7, 11) is 0. The molecular formula is C19H22ClNO2. The van der Waals surface area contributed by atoms with Gasteiger partial charge in [-0.25, -0.2) is 0 Å². The number of halogens is 1. The number of nitrogens with zero attached hydrogens (tertiary/aromatic N) is 1. The molecule has 0 saturated carbocycles. The second-order valence-corrected chi connectivity index (χ2v) is 5.60. The first-order valence-corrected chi connectivity index (χ1v) is 7.82. The van der Waals surface area contributed by atoms with Crippen LogP contribution in [0.3, 0.4) is 0 Å². The van der Waals surface area contributed by atoms with Gasteiger partial charge in [0.15, 0.2) is 5.78 Å². The van der Waals surface area contributed by atoms with E-state index in [-0.39, 0.29) is 18.2 Å². The molecule has 0 N–H and O–H groups in total. The molecule has 3 rings (SSSR count). The van der Waals surface area contributed by atoms with Crippen molar-refractivity contribution in [2.75, 3.05) is 32.8 Å². The van der Waals surface area contributed by atoms with Crippen LogP contribution in [0.2, 0.25) is 0 Å². The fourth-order valence-corrected chi connectivity index (χ4v) is 2.74. The predicted octanol–water partition coefficient (Wildman–Crippen LogP) is 3.21. The van der Waals surface area contributed by atoms with Crippen molar-refractivity contribution in [3.63, 3.8) is 0 Å². The molecule has 1 aliphatic heterocycles. The number of carbonyl (C=O) groups excluding carboxylic acids is 1. The summed E-state index contributed by atoms with van der Waals surface area (Å²) in [5.41, 5.74) is 2.73. The number of rotatable bonds is 5. The fraction of sp³-hybridized carbons (Fsp3) is 0.316. The normalized spacial score (nSPS) is 15.0. The first kappa shape index (κ1) is 17.7. The zero-order chi connectivity index (χ0) is 15.2. The first-order valence-electron chi connectivity index (χ1n) is 7.82. The van der Waals surface area contributed by atoms with Gasteiger partial charge >= 0.3 is 0 Å². The Morgan fingerprint density at radius 3 is 2.39 bits per heavy atom. The molecule has 0 amide bonds. The van der Waals surface area contributed by atoms with Crippen LogP contribution in [0.15, 0.2) is 54.6 Å². The zero-order valence-corrected chi connectivity index (χ0v) is 13.9. The van der Waals surface area contributed by atoms with Crippen molar-refractivity contribution in [2.45, 2.75) is 6.42 Å². The summed E-state index contributed by atoms with van der Waals surface area (Å²) in [5.74, 6) is 0.0915. The Morgan fingerprint density at radius 1 is 0.957 bits per heavy atom. The van der Waals surface area contributed by atoms with Gasteiger partial charge in [-0.1, -0.05) is 48.5 Å². The van der Waals surface area contributed by atoms with Crippen LogP contribution in [0, 0.1) is 0 Å². The van der Waals surface area contributed by atoms with Gasteiger partial charge in [0.2, 0.25) is 0 Å². The highest BCUT2D eigenvalue weighted by molar-refractivity contribution is 6.09. The maximum atomic E-state index is 12.5. The molecule has 1 saturated heterocycles. The van der Waals surface area contributed by atoms with Crippen molar-refractivity contribution in [1.29, 1.82) is 0 Å². The highest BCUT2D eigenvalue weighted by atomic mass is 35.5. The van der Waals surface area contributed by atoms with Crippen molar-refractivity contribution in [3.8, 4) is 0 Å². The van der Waals surface area contributed by atoms with E-state index in [1.807, 2.05) is 48.5 Å². The predicted molar refractivity (Wildman–Crippen MR) is 94.5 cm³/mol. The average molecular weight is 332 g/mol. The van der Waals surface area contributed by atoms with Gasteiger partial charge in [0.1, 0.15) is 0 Å². The topological polar surface area (TPSA) is 29.5 Å². The molecule has 2 aromatic carbocycles. The number of hydrogen-bond acceptors (Lipinski definition) is 3. The molecule has 0 bridgehead atoms. The highest BCUT2D eigenvalue weighted by Gasteiger charge is 2.11. The molecule has 122 valence electrons. The van der Waals surface area contributed by atoms with Gasteiger partial charge < -0.3 is 4.74 Å². The third kappa shape index (κ3) is 4.90. The van der Waals surface area contributed by atoms with Gasteiger partial charge in [-0.2, -0.15) is 0 Å². The Bertz CT molecular complexity index is 624. The Kier molecular flexibility index (Phi) is 6.78. The summed E-state index contributed by atoms with van der Waals surface area (Å²) in [6.07, 6.45) is 0.968. The van der Waals surface area contributed by atoms with Gasteiger partial charge in [-0.05, 0) is 18.1 Å². The Labute approximate surface area is 143 Å². The lowest BCUT2D eigenvalue weighted by Gasteiger charge is -2.26. The lowest BCUT2D eigenvalue weighted by Crippen LogP contribution is -2.37. The minimum atomic E-state index is 0. The smallest absolute Gasteiger partial charge is 0.193 e. The van der Waals surface area contributed by atoms with Crippen LogP contribution < -0.4 is 0 Å². The monoisotopic (exact) mass is 331 g/mol. The van der Waals surface area contributed by atoms with E-state index in [1.165, 1.54) is 5.56 Å². The summed E-state index contributed by atoms with van der Waals surface area (Å²) in [6.45, 7) is 4.68. The molecular weight excluding hydrogens is 310 g/mol. The number of benzene rings is 2. The molecule has 2 aromatic rings. The summed E-state index contributed by atoms with van der Waals surface area (Å²) >= 11 is 0. The van der Waals surface area contributed by atoms with E-state index >= 15 is 0 Å². The van der Waals surface area contributed by atoms with Crippen molar-refractivity contribution >= 4 is 18.2 Å². The molecule has 0 radical (unpaired) electrons. The van der Waals surface area contributed by atoms with E-state index in [1.54, 1.807) is 0 Å². The largest absolute Gasteiger partial charge is 0.379 e. The highest BCUT2D eigenvalue weighted by Crippen LogP contribution is 2.13. The third-order valence-electron chi connectivity index (χ3n) is 4.05. The second kappa shape index (κ2) is 8.82. The van der Waals surface area contributed by atoms with E-state index < -0.39 is 0 Å². The van der Waals surface area contributed by atoms with Crippen LogP contribution in [0.4, 0.5) is 0 Å². The van der Waals surface area contributed by atoms with Gasteiger partial charge in [0.05, 0.1) is 13.2 Å². The molecule has 0 aromatic heterocycles. The Morgan fingerprint density at radius 2 is 1.65 bits per heavy atom. The van der Waals surface area contributed by atoms with E-state index in [2.05, 4.69) is 11.0 Å². The minimum Gasteiger partial charge on any atom is -0.379 e. The molecule has 4 heteroatoms. The number of carbonyl (C=O) groups is 1. The van der Waals surface area contributed by atoms with E-state index in [0.717, 1.165) is 50.4 Å². The van der Waals surface area contributed by atoms with Gasteiger partial charge in [-0.15, -0.1) is 12.4 Å². The average Bonchev–Trinajstić information content (AvgIpc) is 2.61. The molecule has 1 aliphatic rings. The number of ketones is 1. The molecule has 0 unspecified atom stereocenters. The number of ether oxygens (including phenoxy) is 1. The van der Waals surface area contributed by atoms with Crippen LogP contribution in [-0.2, 0) is 11.2 Å². The van der Waals surface area contributed by atoms with Crippen LogP contribution in [0.25, 0.3) is 0 Å². The van der Waals surface area contributed by atoms with Gasteiger partial charge in [0.25, 0.3) is 0 Å². The molecule has 1 heterocycles. The molecule has 0 spiro atoms. The standard InChI is InChI=1S/C19H21NO2.ClH/c21-19(17-6-2-1-3-7-17)18-8-4-5-16(15-18)9-10-20-11-13-22-14-12-20;/h1-8,15H,9-14H2;1H. The molecule has 3 nitrogen and oxygen atoms in total. The summed E-state index contributed by atoms with van der Waals surface area (Å²) in [4.78, 5) is 14.9. The molecule has 0 atom stereocenters.